The summed E-state index contributed by atoms with van der Waals surface area (Å²) in [6.07, 6.45) is -4.52. The molecule has 0 spiro atoms. The van der Waals surface area contributed by atoms with Gasteiger partial charge in [0, 0.05) is 5.32 Å². The highest BCUT2D eigenvalue weighted by atomic mass is 28.3. The summed E-state index contributed by atoms with van der Waals surface area (Å²) in [4.78, 5) is 7.50. The van der Waals surface area contributed by atoms with Gasteiger partial charge in [0.2, 0.25) is 11.9 Å². The van der Waals surface area contributed by atoms with Gasteiger partial charge in [-0.25, -0.2) is 0 Å². The van der Waals surface area contributed by atoms with Gasteiger partial charge >= 0.3 is 6.18 Å². The molecule has 3 aromatic heterocycles. The van der Waals surface area contributed by atoms with E-state index >= 15 is 0 Å². The van der Waals surface area contributed by atoms with Crippen LogP contribution in [-0.2, 0) is 6.18 Å². The number of rotatable bonds is 3. The number of hydrogen-bond donors (Lipinski definition) is 1. The largest absolute Gasteiger partial charge is 0.432 e. The van der Waals surface area contributed by atoms with E-state index < -0.39 is 31.8 Å². The van der Waals surface area contributed by atoms with Crippen molar-refractivity contribution in [2.45, 2.75) is 19.3 Å². The van der Waals surface area contributed by atoms with E-state index in [9.17, 15) is 22.0 Å². The first-order chi connectivity index (χ1) is 12.1. The Morgan fingerprint density at radius 3 is 2.31 bits per heavy atom. The van der Waals surface area contributed by atoms with Crippen molar-refractivity contribution in [1.82, 2.24) is 20.2 Å². The molecule has 0 bridgehead atoms. The summed E-state index contributed by atoms with van der Waals surface area (Å²) in [5.41, 5.74) is -0.700. The molecule has 3 rings (SSSR count). The Bertz CT molecular complexity index is 952. The molecule has 26 heavy (non-hydrogen) atoms. The van der Waals surface area contributed by atoms with Crippen LogP contribution in [0.3, 0.4) is 0 Å². The lowest BCUT2D eigenvalue weighted by Gasteiger charge is -2.19. The molecular weight excluding hydrogens is 371 g/mol. The third kappa shape index (κ3) is 3.36. The SMILES string of the molecule is C[Si](C)(c1cc(C(F)(F)F)[nH]n1)c1cccc(-c2ccc(F)nc2F)n1. The number of hydrogen-bond acceptors (Lipinski definition) is 3. The molecule has 0 radical (unpaired) electrons. The van der Waals surface area contributed by atoms with Crippen molar-refractivity contribution >= 4 is 18.7 Å². The maximum absolute atomic E-state index is 13.9. The average Bonchev–Trinajstić information content (AvgIpc) is 3.06. The second kappa shape index (κ2) is 6.27. The van der Waals surface area contributed by atoms with E-state index in [1.165, 1.54) is 12.1 Å². The minimum atomic E-state index is -4.52. The molecule has 1 N–H and O–H groups in total. The van der Waals surface area contributed by atoms with Crippen molar-refractivity contribution in [3.8, 4) is 11.3 Å². The summed E-state index contributed by atoms with van der Waals surface area (Å²) in [5, 5.41) is 6.59. The van der Waals surface area contributed by atoms with Crippen LogP contribution in [0.4, 0.5) is 22.0 Å². The van der Waals surface area contributed by atoms with Crippen molar-refractivity contribution in [3.05, 3.63) is 54.0 Å². The van der Waals surface area contributed by atoms with Crippen LogP contribution in [0.5, 0.6) is 0 Å². The average molecular weight is 384 g/mol. The maximum Gasteiger partial charge on any atom is 0.432 e. The molecule has 3 heterocycles. The van der Waals surface area contributed by atoms with Crippen molar-refractivity contribution in [1.29, 1.82) is 0 Å². The quantitative estimate of drug-likeness (QED) is 0.429. The fraction of sp³-hybridized carbons (Fsp3) is 0.188. The summed E-state index contributed by atoms with van der Waals surface area (Å²) in [5.74, 6) is -1.96. The summed E-state index contributed by atoms with van der Waals surface area (Å²) in [6.45, 7) is 3.57. The molecule has 0 fully saturated rings. The number of alkyl halides is 3. The van der Waals surface area contributed by atoms with Crippen LogP contribution in [0.15, 0.2) is 36.4 Å². The first-order valence-electron chi connectivity index (χ1n) is 7.52. The Labute approximate surface area is 146 Å². The first kappa shape index (κ1) is 18.2. The van der Waals surface area contributed by atoms with Crippen LogP contribution in [0.25, 0.3) is 11.3 Å². The van der Waals surface area contributed by atoms with Gasteiger partial charge in [0.25, 0.3) is 0 Å². The smallest absolute Gasteiger partial charge is 0.274 e. The van der Waals surface area contributed by atoms with E-state index in [2.05, 4.69) is 15.1 Å². The van der Waals surface area contributed by atoms with Gasteiger partial charge in [-0.2, -0.15) is 32.0 Å². The van der Waals surface area contributed by atoms with E-state index in [1.54, 1.807) is 25.2 Å². The lowest BCUT2D eigenvalue weighted by Crippen LogP contribution is -2.55. The Hall–Kier alpha value is -2.62. The number of halogens is 5. The zero-order chi connectivity index (χ0) is 19.1. The van der Waals surface area contributed by atoms with Crippen molar-refractivity contribution in [3.63, 3.8) is 0 Å². The molecule has 0 unspecified atom stereocenters. The zero-order valence-electron chi connectivity index (χ0n) is 13.7. The predicted molar refractivity (Wildman–Crippen MR) is 87.7 cm³/mol. The van der Waals surface area contributed by atoms with Crippen LogP contribution in [0.2, 0.25) is 13.1 Å². The Kier molecular flexibility index (Phi) is 4.38. The normalized spacial score (nSPS) is 12.4. The lowest BCUT2D eigenvalue weighted by molar-refractivity contribution is -0.141. The minimum Gasteiger partial charge on any atom is -0.274 e. The van der Waals surface area contributed by atoms with E-state index in [1.807, 2.05) is 5.10 Å². The Morgan fingerprint density at radius 2 is 1.69 bits per heavy atom. The molecule has 0 atom stereocenters. The van der Waals surface area contributed by atoms with Gasteiger partial charge in [-0.05, 0) is 30.3 Å². The lowest BCUT2D eigenvalue weighted by atomic mass is 10.2. The topological polar surface area (TPSA) is 54.5 Å². The monoisotopic (exact) mass is 384 g/mol. The summed E-state index contributed by atoms with van der Waals surface area (Å²) in [7, 11) is -2.68. The van der Waals surface area contributed by atoms with E-state index in [0.717, 1.165) is 12.1 Å². The molecular formula is C16H13F5N4Si. The molecule has 0 aliphatic carbocycles. The van der Waals surface area contributed by atoms with Crippen LogP contribution < -0.4 is 10.6 Å². The van der Waals surface area contributed by atoms with Crippen molar-refractivity contribution in [2.24, 2.45) is 0 Å². The van der Waals surface area contributed by atoms with Crippen LogP contribution in [0, 0.1) is 11.9 Å². The molecule has 0 saturated carbocycles. The molecule has 0 aromatic carbocycles. The van der Waals surface area contributed by atoms with Gasteiger partial charge in [0.05, 0.1) is 16.6 Å². The predicted octanol–water partition coefficient (Wildman–Crippen LogP) is 2.99. The summed E-state index contributed by atoms with van der Waals surface area (Å²) in [6, 6.07) is 8.00. The maximum atomic E-state index is 13.9. The molecule has 0 saturated heterocycles. The third-order valence-corrected chi connectivity index (χ3v) is 7.10. The summed E-state index contributed by atoms with van der Waals surface area (Å²) >= 11 is 0. The molecule has 0 amide bonds. The van der Waals surface area contributed by atoms with Crippen LogP contribution in [-0.4, -0.2) is 28.2 Å². The second-order valence-electron chi connectivity index (χ2n) is 6.17. The highest BCUT2D eigenvalue weighted by molar-refractivity contribution is 6.99. The molecule has 4 nitrogen and oxygen atoms in total. The minimum absolute atomic E-state index is 0.0102. The molecule has 136 valence electrons. The van der Waals surface area contributed by atoms with Gasteiger partial charge in [-0.3, -0.25) is 10.1 Å². The number of aromatic nitrogens is 4. The van der Waals surface area contributed by atoms with Gasteiger partial charge in [-0.1, -0.05) is 19.2 Å². The second-order valence-corrected chi connectivity index (χ2v) is 10.4. The number of nitrogens with one attached hydrogen (secondary N) is 1. The van der Waals surface area contributed by atoms with E-state index in [-0.39, 0.29) is 16.6 Å². The first-order valence-corrected chi connectivity index (χ1v) is 10.5. The van der Waals surface area contributed by atoms with Crippen LogP contribution >= 0.6 is 0 Å². The molecule has 10 heteroatoms. The number of aromatic amines is 1. The fourth-order valence-electron chi connectivity index (χ4n) is 2.45. The highest BCUT2D eigenvalue weighted by Gasteiger charge is 2.37. The zero-order valence-corrected chi connectivity index (χ0v) is 14.7. The Morgan fingerprint density at radius 1 is 0.962 bits per heavy atom. The standard InChI is InChI=1S/C16H13F5N4Si/c1-26(2,14-8-11(24-25-14)16(19,20)21)13-5-3-4-10(22-13)9-6-7-12(17)23-15(9)18/h3-8H,1-2H3,(H,24,25). The third-order valence-electron chi connectivity index (χ3n) is 4.00. The van der Waals surface area contributed by atoms with Gasteiger partial charge in [0.1, 0.15) is 5.69 Å². The van der Waals surface area contributed by atoms with Gasteiger partial charge < -0.3 is 0 Å². The van der Waals surface area contributed by atoms with Crippen LogP contribution in [0.1, 0.15) is 5.69 Å². The molecule has 0 aliphatic rings. The highest BCUT2D eigenvalue weighted by Crippen LogP contribution is 2.27. The Balaban J connectivity index is 2.02. The van der Waals surface area contributed by atoms with Crippen molar-refractivity contribution in [2.75, 3.05) is 0 Å². The fourth-order valence-corrected chi connectivity index (χ4v) is 4.47. The van der Waals surface area contributed by atoms with Gasteiger partial charge in [0.15, 0.2) is 8.07 Å². The van der Waals surface area contributed by atoms with E-state index in [4.69, 9.17) is 0 Å². The van der Waals surface area contributed by atoms with Gasteiger partial charge in [-0.15, -0.1) is 0 Å². The number of nitrogens with zero attached hydrogens (tertiary/aromatic N) is 3. The molecule has 3 aromatic rings. The van der Waals surface area contributed by atoms with E-state index in [0.29, 0.717) is 5.32 Å². The number of H-pyrrole nitrogens is 1. The summed E-state index contributed by atoms with van der Waals surface area (Å²) < 4.78 is 65.3. The molecule has 0 aliphatic heterocycles. The number of pyridine rings is 2. The van der Waals surface area contributed by atoms with Crippen molar-refractivity contribution < 1.29 is 22.0 Å².